The van der Waals surface area contributed by atoms with Crippen LogP contribution in [0.3, 0.4) is 0 Å². The highest BCUT2D eigenvalue weighted by Gasteiger charge is 2.15. The van der Waals surface area contributed by atoms with E-state index < -0.39 is 42.3 Å². The van der Waals surface area contributed by atoms with Gasteiger partial charge in [-0.1, -0.05) is 19.7 Å². The molecule has 2 unspecified atom stereocenters. The Balaban J connectivity index is 0.000000733. The Labute approximate surface area is 559 Å². The summed E-state index contributed by atoms with van der Waals surface area (Å²) in [6.45, 7) is 19.8. The number of hydrogen-bond donors (Lipinski definition) is 9. The summed E-state index contributed by atoms with van der Waals surface area (Å²) in [5, 5.41) is 7.61. The van der Waals surface area contributed by atoms with Gasteiger partial charge in [-0.2, -0.15) is 0 Å². The fourth-order valence-corrected chi connectivity index (χ4v) is 7.06. The van der Waals surface area contributed by atoms with Crippen LogP contribution in [0.15, 0.2) is 91.6 Å². The van der Waals surface area contributed by atoms with E-state index in [1.165, 1.54) is 25.1 Å². The number of alkyl carbamates (subject to hydrolysis) is 3. The van der Waals surface area contributed by atoms with Gasteiger partial charge in [0.05, 0.1) is 39.6 Å². The Morgan fingerprint density at radius 2 is 0.701 bits per heavy atom. The molecule has 0 saturated carbocycles. The molecule has 31 nitrogen and oxygen atoms in total. The Bertz CT molecular complexity index is 3400. The average Bonchev–Trinajstić information content (AvgIpc) is 0.975. The van der Waals surface area contributed by atoms with Crippen LogP contribution in [0.1, 0.15) is 97.0 Å². The Morgan fingerprint density at radius 3 is 1.04 bits per heavy atom. The first-order valence-electron chi connectivity index (χ1n) is 29.3. The fourth-order valence-electron chi connectivity index (χ4n) is 7.06. The van der Waals surface area contributed by atoms with Gasteiger partial charge in [-0.3, -0.25) is 0 Å². The molecule has 3 amide bonds. The molecule has 0 aliphatic rings. The molecule has 0 heterocycles. The summed E-state index contributed by atoms with van der Waals surface area (Å²) in [4.78, 5) is 134. The first kappa shape index (κ1) is 83.5. The lowest BCUT2D eigenvalue weighted by Gasteiger charge is -2.15. The van der Waals surface area contributed by atoms with Crippen LogP contribution in [0, 0.1) is 0 Å². The van der Waals surface area contributed by atoms with E-state index in [1.807, 2.05) is 0 Å². The highest BCUT2D eigenvalue weighted by molar-refractivity contribution is 5.92. The minimum absolute atomic E-state index is 0.0303. The maximum atomic E-state index is 12.1. The molecule has 3 aromatic carbocycles. The van der Waals surface area contributed by atoms with Crippen molar-refractivity contribution in [3.63, 3.8) is 0 Å². The molecule has 0 aliphatic heterocycles. The first-order valence-corrected chi connectivity index (χ1v) is 29.3. The molecule has 97 heavy (non-hydrogen) atoms. The summed E-state index contributed by atoms with van der Waals surface area (Å²) < 4.78 is 51.4. The smallest absolute Gasteiger partial charge is 0.407 e. The minimum atomic E-state index is -0.698. The van der Waals surface area contributed by atoms with Crippen LogP contribution in [-0.2, 0) is 110 Å². The average molecular weight is 1350 g/mol. The van der Waals surface area contributed by atoms with E-state index in [0.717, 1.165) is 6.08 Å². The number of ether oxygens (including phenoxy) is 10. The summed E-state index contributed by atoms with van der Waals surface area (Å²) in [5.74, 6) is 7.94. The topological polar surface area (TPSA) is 489 Å². The molecule has 0 fully saturated rings. The van der Waals surface area contributed by atoms with Crippen molar-refractivity contribution in [3.8, 4) is 0 Å². The first-order chi connectivity index (χ1) is 46.2. The van der Waals surface area contributed by atoms with Gasteiger partial charge in [-0.05, 0) is 112 Å². The zero-order valence-corrected chi connectivity index (χ0v) is 54.2. The molecule has 0 bridgehead atoms. The van der Waals surface area contributed by atoms with Crippen molar-refractivity contribution in [3.05, 3.63) is 142 Å². The van der Waals surface area contributed by atoms with Crippen molar-refractivity contribution in [1.29, 1.82) is 0 Å². The third-order valence-electron chi connectivity index (χ3n) is 11.8. The maximum Gasteiger partial charge on any atom is 0.407 e. The van der Waals surface area contributed by atoms with E-state index in [2.05, 4.69) is 35.7 Å². The highest BCUT2D eigenvalue weighted by Crippen LogP contribution is 2.20. The monoisotopic (exact) mass is 1350 g/mol. The van der Waals surface area contributed by atoms with Crippen LogP contribution >= 0.6 is 0 Å². The van der Waals surface area contributed by atoms with Crippen LogP contribution in [0.25, 0.3) is 34.2 Å². The van der Waals surface area contributed by atoms with Crippen molar-refractivity contribution >= 4 is 106 Å². The van der Waals surface area contributed by atoms with Gasteiger partial charge in [0.2, 0.25) is 0 Å². The summed E-state index contributed by atoms with van der Waals surface area (Å²) in [6, 6.07) is 13.6. The number of carbonyl (C=O) groups excluding carboxylic acids is 12. The molecule has 0 aromatic heterocycles. The van der Waals surface area contributed by atoms with E-state index >= 15 is 0 Å². The normalized spacial score (nSPS) is 10.5. The van der Waals surface area contributed by atoms with Gasteiger partial charge in [-0.15, -0.1) is 0 Å². The van der Waals surface area contributed by atoms with E-state index in [-0.39, 0.29) is 118 Å². The number of benzene rings is 3. The largest absolute Gasteiger partial charge is 0.462 e. The molecule has 0 spiro atoms. The molecule has 3 aromatic rings. The second-order valence-electron chi connectivity index (χ2n) is 20.1. The van der Waals surface area contributed by atoms with E-state index in [9.17, 15) is 57.5 Å². The van der Waals surface area contributed by atoms with E-state index in [4.69, 9.17) is 81.8 Å². The molecule has 0 saturated heterocycles. The van der Waals surface area contributed by atoms with Gasteiger partial charge < -0.3 is 97.7 Å². The van der Waals surface area contributed by atoms with Crippen LogP contribution in [-0.4, -0.2) is 163 Å². The molecule has 0 radical (unpaired) electrons. The van der Waals surface area contributed by atoms with Crippen molar-refractivity contribution < 1.29 is 105 Å². The Hall–Kier alpha value is -11.6. The third-order valence-corrected chi connectivity index (χ3v) is 11.8. The zero-order chi connectivity index (χ0) is 72.7. The highest BCUT2D eigenvalue weighted by atomic mass is 16.6. The molecule has 3 rings (SSSR count). The van der Waals surface area contributed by atoms with Crippen molar-refractivity contribution in [1.82, 2.24) is 16.0 Å². The number of hydrogen-bond acceptors (Lipinski definition) is 28. The van der Waals surface area contributed by atoms with Crippen LogP contribution in [0.2, 0.25) is 0 Å². The van der Waals surface area contributed by atoms with Gasteiger partial charge in [0.25, 0.3) is 0 Å². The lowest BCUT2D eigenvalue weighted by molar-refractivity contribution is -0.146. The standard InChI is InChI=1S/C25H33N3O8.C22H27N3O8.C19H21N3O6/c1-16(2)24(31)35-17(3)14-33-6-5-7-34-15-18(4)36-25(32)28-11-19-8-20(22(26)12-29)10-21(9-19)23(27)13-30;1-2-21(28)32-8-6-30-4-3-5-31-7-9-33-22(29)25-13-16-10-17(19(23)14-26)12-18(11-16)20(24)15-27;1-12(2)18(25)27-4-3-5-28-19(26)22-9-13-6-14(16(20)10-23)8-15(7-13)17(21)11-24/h8-10,17-18H,1,5-7,11,14-15,26-27H2,2-4H3,(H,28,32);2,10-12H,1,3-9,13,23-24H2,(H,25,29);6-8H,1,3-5,9,20-21H2,2H3,(H,22,26). The molecule has 31 heteroatoms. The summed E-state index contributed by atoms with van der Waals surface area (Å²) in [6.07, 6.45) is -0.323. The number of nitrogens with one attached hydrogen (secondary N) is 3. The van der Waals surface area contributed by atoms with Gasteiger partial charge in [0.1, 0.15) is 59.6 Å². The predicted octanol–water partition coefficient (Wildman–Crippen LogP) is 2.51. The quantitative estimate of drug-likeness (QED) is 0.0130. The Kier molecular flexibility index (Phi) is 41.5. The van der Waals surface area contributed by atoms with Crippen LogP contribution in [0.4, 0.5) is 14.4 Å². The summed E-state index contributed by atoms with van der Waals surface area (Å²) in [5.41, 5.74) is 36.5. The molecular weight excluding hydrogens is 1270 g/mol. The summed E-state index contributed by atoms with van der Waals surface area (Å²) >= 11 is 0. The molecule has 15 N–H and O–H groups in total. The van der Waals surface area contributed by atoms with Gasteiger partial charge >= 0.3 is 36.2 Å². The number of carbonyl (C=O) groups is 6. The lowest BCUT2D eigenvalue weighted by atomic mass is 10.0. The number of nitrogens with two attached hydrogens (primary N) is 6. The van der Waals surface area contributed by atoms with Crippen LogP contribution in [0.5, 0.6) is 0 Å². The van der Waals surface area contributed by atoms with Gasteiger partial charge in [0, 0.05) is 103 Å². The summed E-state index contributed by atoms with van der Waals surface area (Å²) in [7, 11) is 0. The van der Waals surface area contributed by atoms with Crippen molar-refractivity contribution in [2.75, 3.05) is 79.3 Å². The SMILES string of the molecule is C=C(C)C(=O)OC(C)COCCCOCC(C)OC(=O)NCc1cc(C(N)=C=O)cc(C(N)=C=O)c1.C=C(C)C(=O)OCCCOC(=O)NCc1cc(C(N)=C=O)cc(C(N)=C=O)c1.C=CC(=O)OCCOCCCOCCOC(=O)NCc1cc(C(N)=C=O)cc(C(N)=C=O)c1. The number of amides is 3. The predicted molar refractivity (Wildman–Crippen MR) is 353 cm³/mol. The second kappa shape index (κ2) is 48.2. The molecular formula is C66H81N9O22. The maximum absolute atomic E-state index is 12.1. The minimum Gasteiger partial charge on any atom is -0.462 e. The van der Waals surface area contributed by atoms with Gasteiger partial charge in [-0.25, -0.2) is 57.5 Å². The van der Waals surface area contributed by atoms with E-state index in [0.29, 0.717) is 101 Å². The van der Waals surface area contributed by atoms with Gasteiger partial charge in [0.15, 0.2) is 35.6 Å². The zero-order valence-electron chi connectivity index (χ0n) is 54.2. The molecule has 522 valence electrons. The Morgan fingerprint density at radius 1 is 0.402 bits per heavy atom. The van der Waals surface area contributed by atoms with Crippen molar-refractivity contribution in [2.24, 2.45) is 34.4 Å². The van der Waals surface area contributed by atoms with Crippen molar-refractivity contribution in [2.45, 2.75) is 78.8 Å². The molecule has 2 atom stereocenters. The van der Waals surface area contributed by atoms with E-state index in [1.54, 1.807) is 92.8 Å². The number of rotatable bonds is 39. The van der Waals surface area contributed by atoms with Crippen LogP contribution < -0.4 is 50.4 Å². The number of esters is 3. The molecule has 0 aliphatic carbocycles. The lowest BCUT2D eigenvalue weighted by Crippen LogP contribution is -2.29. The third kappa shape index (κ3) is 36.5. The second-order valence-corrected chi connectivity index (χ2v) is 20.1. The fraction of sp³-hybridized carbons (Fsp3) is 0.364.